The Kier molecular flexibility index (Phi) is 5.24. The third-order valence-corrected chi connectivity index (χ3v) is 8.94. The summed E-state index contributed by atoms with van der Waals surface area (Å²) in [5.74, 6) is 1.99. The van der Waals surface area contributed by atoms with E-state index >= 15 is 0 Å². The standard InChI is InChI=1S/C16H26N2S3/c1-9(2)17-7-13-15(12-5-6-12)18-16(21-13)14-8-19-10(3)11(4)20-14/h9-12,14,17H,5-8H2,1-4H3. The molecule has 1 aliphatic carbocycles. The van der Waals surface area contributed by atoms with Crippen LogP contribution < -0.4 is 5.32 Å². The third kappa shape index (κ3) is 3.98. The normalized spacial score (nSPS) is 30.0. The molecule has 0 spiro atoms. The van der Waals surface area contributed by atoms with E-state index in [4.69, 9.17) is 4.98 Å². The average Bonchev–Trinajstić information content (AvgIpc) is 3.20. The summed E-state index contributed by atoms with van der Waals surface area (Å²) < 4.78 is 0. The number of thioether (sulfide) groups is 2. The van der Waals surface area contributed by atoms with Gasteiger partial charge in [-0.1, -0.05) is 27.7 Å². The third-order valence-electron chi connectivity index (χ3n) is 4.20. The van der Waals surface area contributed by atoms with Crippen LogP contribution in [-0.4, -0.2) is 27.3 Å². The van der Waals surface area contributed by atoms with Gasteiger partial charge in [-0.3, -0.25) is 0 Å². The zero-order chi connectivity index (χ0) is 15.0. The highest BCUT2D eigenvalue weighted by Crippen LogP contribution is 2.48. The topological polar surface area (TPSA) is 24.9 Å². The fourth-order valence-corrected chi connectivity index (χ4v) is 6.83. The van der Waals surface area contributed by atoms with Crippen LogP contribution in [0, 0.1) is 0 Å². The van der Waals surface area contributed by atoms with Crippen molar-refractivity contribution >= 4 is 34.9 Å². The van der Waals surface area contributed by atoms with Gasteiger partial charge in [-0.2, -0.15) is 11.8 Å². The van der Waals surface area contributed by atoms with Crippen molar-refractivity contribution in [3.63, 3.8) is 0 Å². The molecule has 1 aromatic rings. The Labute approximate surface area is 141 Å². The molecule has 2 nitrogen and oxygen atoms in total. The minimum Gasteiger partial charge on any atom is -0.310 e. The molecule has 1 N–H and O–H groups in total. The first kappa shape index (κ1) is 16.2. The van der Waals surface area contributed by atoms with Gasteiger partial charge in [0, 0.05) is 39.6 Å². The van der Waals surface area contributed by atoms with Crippen molar-refractivity contribution in [1.82, 2.24) is 10.3 Å². The maximum absolute atomic E-state index is 5.08. The molecule has 1 saturated heterocycles. The molecule has 1 aliphatic heterocycles. The smallest absolute Gasteiger partial charge is 0.107 e. The van der Waals surface area contributed by atoms with Crippen molar-refractivity contribution in [3.05, 3.63) is 15.6 Å². The van der Waals surface area contributed by atoms with Crippen LogP contribution in [-0.2, 0) is 6.54 Å². The summed E-state index contributed by atoms with van der Waals surface area (Å²) in [4.78, 5) is 6.58. The van der Waals surface area contributed by atoms with Crippen molar-refractivity contribution in [2.24, 2.45) is 0 Å². The zero-order valence-corrected chi connectivity index (χ0v) is 15.8. The fraction of sp³-hybridized carbons (Fsp3) is 0.812. The molecule has 3 unspecified atom stereocenters. The molecule has 1 saturated carbocycles. The summed E-state index contributed by atoms with van der Waals surface area (Å²) in [7, 11) is 0. The van der Waals surface area contributed by atoms with Crippen LogP contribution in [0.5, 0.6) is 0 Å². The summed E-state index contributed by atoms with van der Waals surface area (Å²) in [5, 5.41) is 7.08. The van der Waals surface area contributed by atoms with E-state index in [2.05, 4.69) is 56.5 Å². The second-order valence-electron chi connectivity index (χ2n) is 6.54. The van der Waals surface area contributed by atoms with Gasteiger partial charge < -0.3 is 5.32 Å². The number of nitrogens with zero attached hydrogens (tertiary/aromatic N) is 1. The Bertz CT molecular complexity index is 482. The molecule has 0 amide bonds. The second-order valence-corrected chi connectivity index (χ2v) is 10.6. The van der Waals surface area contributed by atoms with Gasteiger partial charge >= 0.3 is 0 Å². The lowest BCUT2D eigenvalue weighted by molar-refractivity contribution is 0.590. The van der Waals surface area contributed by atoms with Crippen LogP contribution in [0.1, 0.15) is 67.3 Å². The van der Waals surface area contributed by atoms with Crippen molar-refractivity contribution in [1.29, 1.82) is 0 Å². The first-order valence-electron chi connectivity index (χ1n) is 8.04. The minimum atomic E-state index is 0.545. The predicted molar refractivity (Wildman–Crippen MR) is 97.8 cm³/mol. The van der Waals surface area contributed by atoms with Crippen LogP contribution in [0.15, 0.2) is 0 Å². The van der Waals surface area contributed by atoms with Crippen LogP contribution in [0.3, 0.4) is 0 Å². The molecule has 0 aromatic carbocycles. The van der Waals surface area contributed by atoms with Crippen molar-refractivity contribution in [2.45, 2.75) is 74.8 Å². The van der Waals surface area contributed by atoms with E-state index in [1.165, 1.54) is 34.2 Å². The highest BCUT2D eigenvalue weighted by molar-refractivity contribution is 8.07. The molecule has 21 heavy (non-hydrogen) atoms. The van der Waals surface area contributed by atoms with Crippen molar-refractivity contribution < 1.29 is 0 Å². The van der Waals surface area contributed by atoms with Gasteiger partial charge in [-0.05, 0) is 12.8 Å². The molecular weight excluding hydrogens is 316 g/mol. The molecule has 5 heteroatoms. The maximum atomic E-state index is 5.08. The number of thiazole rings is 1. The summed E-state index contributed by atoms with van der Waals surface area (Å²) in [6, 6.07) is 0.545. The first-order valence-corrected chi connectivity index (χ1v) is 10.8. The van der Waals surface area contributed by atoms with E-state index in [-0.39, 0.29) is 0 Å². The van der Waals surface area contributed by atoms with Crippen molar-refractivity contribution in [2.75, 3.05) is 5.75 Å². The van der Waals surface area contributed by atoms with E-state index in [9.17, 15) is 0 Å². The Morgan fingerprint density at radius 3 is 2.62 bits per heavy atom. The second kappa shape index (κ2) is 6.81. The SMILES string of the molecule is CC(C)NCc1sc(C2CSC(C)C(C)S2)nc1C1CC1. The fourth-order valence-electron chi connectivity index (χ4n) is 2.53. The summed E-state index contributed by atoms with van der Waals surface area (Å²) in [6.07, 6.45) is 2.69. The molecule has 1 aromatic heterocycles. The van der Waals surface area contributed by atoms with E-state index in [0.29, 0.717) is 11.3 Å². The molecule has 118 valence electrons. The zero-order valence-electron chi connectivity index (χ0n) is 13.4. The quantitative estimate of drug-likeness (QED) is 0.829. The van der Waals surface area contributed by atoms with Crippen molar-refractivity contribution in [3.8, 4) is 0 Å². The maximum Gasteiger partial charge on any atom is 0.107 e. The minimum absolute atomic E-state index is 0.545. The van der Waals surface area contributed by atoms with E-state index in [1.54, 1.807) is 0 Å². The Morgan fingerprint density at radius 1 is 1.24 bits per heavy atom. The van der Waals surface area contributed by atoms with Gasteiger partial charge in [0.25, 0.3) is 0 Å². The largest absolute Gasteiger partial charge is 0.310 e. The van der Waals surface area contributed by atoms with Gasteiger partial charge in [0.15, 0.2) is 0 Å². The number of rotatable bonds is 5. The summed E-state index contributed by atoms with van der Waals surface area (Å²) >= 11 is 6.22. The van der Waals surface area contributed by atoms with Gasteiger partial charge in [0.1, 0.15) is 5.01 Å². The van der Waals surface area contributed by atoms with E-state index in [0.717, 1.165) is 23.0 Å². The van der Waals surface area contributed by atoms with Crippen LogP contribution in [0.2, 0.25) is 0 Å². The predicted octanol–water partition coefficient (Wildman–Crippen LogP) is 4.82. The van der Waals surface area contributed by atoms with Gasteiger partial charge in [-0.15, -0.1) is 23.1 Å². The lowest BCUT2D eigenvalue weighted by atomic mass is 10.2. The summed E-state index contributed by atoms with van der Waals surface area (Å²) in [5.41, 5.74) is 1.42. The number of nitrogens with one attached hydrogen (secondary N) is 1. The average molecular weight is 343 g/mol. The Hall–Kier alpha value is 0.290. The highest BCUT2D eigenvalue weighted by atomic mass is 32.2. The Balaban J connectivity index is 1.74. The molecule has 3 atom stereocenters. The molecule has 2 aliphatic rings. The number of hydrogen-bond donors (Lipinski definition) is 1. The highest BCUT2D eigenvalue weighted by Gasteiger charge is 2.33. The number of aromatic nitrogens is 1. The Morgan fingerprint density at radius 2 is 2.00 bits per heavy atom. The molecular formula is C16H26N2S3. The first-order chi connectivity index (χ1) is 10.0. The van der Waals surface area contributed by atoms with Crippen LogP contribution in [0.25, 0.3) is 0 Å². The van der Waals surface area contributed by atoms with E-state index in [1.807, 2.05) is 11.3 Å². The molecule has 2 fully saturated rings. The van der Waals surface area contributed by atoms with Crippen LogP contribution in [0.4, 0.5) is 0 Å². The van der Waals surface area contributed by atoms with Gasteiger partial charge in [0.05, 0.1) is 10.9 Å². The van der Waals surface area contributed by atoms with Gasteiger partial charge in [-0.25, -0.2) is 4.98 Å². The number of hydrogen-bond acceptors (Lipinski definition) is 5. The molecule has 0 radical (unpaired) electrons. The van der Waals surface area contributed by atoms with Crippen LogP contribution >= 0.6 is 34.9 Å². The molecule has 0 bridgehead atoms. The lowest BCUT2D eigenvalue weighted by Gasteiger charge is -2.30. The summed E-state index contributed by atoms with van der Waals surface area (Å²) in [6.45, 7) is 10.2. The molecule has 2 heterocycles. The molecule has 3 rings (SSSR count). The van der Waals surface area contributed by atoms with E-state index < -0.39 is 0 Å². The lowest BCUT2D eigenvalue weighted by Crippen LogP contribution is -2.21. The van der Waals surface area contributed by atoms with Gasteiger partial charge in [0.2, 0.25) is 0 Å². The monoisotopic (exact) mass is 342 g/mol.